The largest absolute Gasteiger partial charge is 0.506 e. The van der Waals surface area contributed by atoms with Crippen molar-refractivity contribution in [1.29, 1.82) is 0 Å². The second-order valence-corrected chi connectivity index (χ2v) is 3.82. The number of nitrogens with zero attached hydrogens (tertiary/aromatic N) is 4. The molecule has 96 valence electrons. The van der Waals surface area contributed by atoms with Crippen LogP contribution in [0.15, 0.2) is 46.8 Å². The van der Waals surface area contributed by atoms with E-state index >= 15 is 0 Å². The van der Waals surface area contributed by atoms with Gasteiger partial charge in [-0.05, 0) is 30.7 Å². The number of aryl methyl sites for hydroxylation is 1. The molecule has 0 aliphatic heterocycles. The van der Waals surface area contributed by atoms with Gasteiger partial charge in [-0.25, -0.2) is 4.98 Å². The fourth-order valence-corrected chi connectivity index (χ4v) is 1.36. The minimum Gasteiger partial charge on any atom is -0.506 e. The van der Waals surface area contributed by atoms with Crippen LogP contribution in [0.25, 0.3) is 0 Å². The Morgan fingerprint density at radius 1 is 1.26 bits per heavy atom. The first kappa shape index (κ1) is 12.6. The lowest BCUT2D eigenvalue weighted by Gasteiger charge is -1.98. The number of aromatic hydroxyl groups is 1. The SMILES string of the molecule is Cc1ccc(O)c(N=Nc2ccc([N+](=O)[O-])cn2)c1. The monoisotopic (exact) mass is 258 g/mol. The topological polar surface area (TPSA) is 101 Å². The molecular formula is C12H10N4O3. The van der Waals surface area contributed by atoms with Crippen LogP contribution in [0.4, 0.5) is 17.2 Å². The lowest BCUT2D eigenvalue weighted by Crippen LogP contribution is -1.87. The van der Waals surface area contributed by atoms with Gasteiger partial charge in [0, 0.05) is 6.07 Å². The second-order valence-electron chi connectivity index (χ2n) is 3.82. The molecule has 0 amide bonds. The molecule has 0 atom stereocenters. The molecule has 0 bridgehead atoms. The maximum atomic E-state index is 10.5. The van der Waals surface area contributed by atoms with Crippen LogP contribution in [0.3, 0.4) is 0 Å². The van der Waals surface area contributed by atoms with Gasteiger partial charge in [-0.3, -0.25) is 10.1 Å². The summed E-state index contributed by atoms with van der Waals surface area (Å²) in [7, 11) is 0. The molecule has 0 saturated carbocycles. The lowest BCUT2D eigenvalue weighted by molar-refractivity contribution is -0.385. The van der Waals surface area contributed by atoms with Crippen LogP contribution in [0.5, 0.6) is 5.75 Å². The molecule has 7 heteroatoms. The molecule has 0 aliphatic carbocycles. The van der Waals surface area contributed by atoms with E-state index in [0.717, 1.165) is 11.8 Å². The van der Waals surface area contributed by atoms with Crippen molar-refractivity contribution >= 4 is 17.2 Å². The Balaban J connectivity index is 2.22. The highest BCUT2D eigenvalue weighted by Crippen LogP contribution is 2.28. The Morgan fingerprint density at radius 3 is 2.68 bits per heavy atom. The van der Waals surface area contributed by atoms with Crippen LogP contribution in [-0.4, -0.2) is 15.0 Å². The number of hydrogen-bond acceptors (Lipinski definition) is 6. The molecule has 1 N–H and O–H groups in total. The molecule has 1 heterocycles. The lowest BCUT2D eigenvalue weighted by atomic mass is 10.2. The summed E-state index contributed by atoms with van der Waals surface area (Å²) in [6.45, 7) is 1.86. The fourth-order valence-electron chi connectivity index (χ4n) is 1.36. The number of pyridine rings is 1. The van der Waals surface area contributed by atoms with E-state index < -0.39 is 4.92 Å². The Hall–Kier alpha value is -2.83. The van der Waals surface area contributed by atoms with Gasteiger partial charge in [0.2, 0.25) is 0 Å². The highest BCUT2D eigenvalue weighted by molar-refractivity contribution is 5.52. The van der Waals surface area contributed by atoms with Crippen molar-refractivity contribution in [2.24, 2.45) is 10.2 Å². The van der Waals surface area contributed by atoms with E-state index in [2.05, 4.69) is 15.2 Å². The van der Waals surface area contributed by atoms with Gasteiger partial charge in [-0.15, -0.1) is 10.2 Å². The van der Waals surface area contributed by atoms with Gasteiger partial charge in [0.1, 0.15) is 17.6 Å². The summed E-state index contributed by atoms with van der Waals surface area (Å²) in [6.07, 6.45) is 1.10. The fraction of sp³-hybridized carbons (Fsp3) is 0.0833. The van der Waals surface area contributed by atoms with Crippen molar-refractivity contribution in [1.82, 2.24) is 4.98 Å². The van der Waals surface area contributed by atoms with E-state index in [4.69, 9.17) is 0 Å². The van der Waals surface area contributed by atoms with Gasteiger partial charge >= 0.3 is 0 Å². The van der Waals surface area contributed by atoms with Crippen LogP contribution >= 0.6 is 0 Å². The molecule has 7 nitrogen and oxygen atoms in total. The number of phenolic OH excluding ortho intramolecular Hbond substituents is 1. The van der Waals surface area contributed by atoms with Gasteiger partial charge in [0.05, 0.1) is 4.92 Å². The number of rotatable bonds is 3. The zero-order chi connectivity index (χ0) is 13.8. The maximum Gasteiger partial charge on any atom is 0.287 e. The van der Waals surface area contributed by atoms with Crippen molar-refractivity contribution in [2.45, 2.75) is 6.92 Å². The van der Waals surface area contributed by atoms with Gasteiger partial charge in [0.25, 0.3) is 5.69 Å². The van der Waals surface area contributed by atoms with Gasteiger partial charge in [-0.1, -0.05) is 6.07 Å². The first-order chi connectivity index (χ1) is 9.06. The first-order valence-electron chi connectivity index (χ1n) is 5.38. The number of nitro groups is 1. The third kappa shape index (κ3) is 3.09. The summed E-state index contributed by atoms with van der Waals surface area (Å²) >= 11 is 0. The molecule has 1 aromatic carbocycles. The highest BCUT2D eigenvalue weighted by Gasteiger charge is 2.05. The standard InChI is InChI=1S/C12H10N4O3/c1-8-2-4-11(17)10(6-8)14-15-12-5-3-9(7-13-12)16(18)19/h2-7,17H,1H3. The molecule has 2 aromatic rings. The van der Waals surface area contributed by atoms with Crippen LogP contribution < -0.4 is 0 Å². The number of azo groups is 1. The van der Waals surface area contributed by atoms with E-state index in [1.165, 1.54) is 18.2 Å². The molecule has 1 aromatic heterocycles. The third-order valence-electron chi connectivity index (χ3n) is 2.33. The summed E-state index contributed by atoms with van der Waals surface area (Å²) in [4.78, 5) is 13.7. The number of aromatic nitrogens is 1. The van der Waals surface area contributed by atoms with Crippen molar-refractivity contribution < 1.29 is 10.0 Å². The Kier molecular flexibility index (Phi) is 3.46. The average molecular weight is 258 g/mol. The second kappa shape index (κ2) is 5.21. The Bertz CT molecular complexity index is 638. The highest BCUT2D eigenvalue weighted by atomic mass is 16.6. The van der Waals surface area contributed by atoms with Crippen LogP contribution in [0.1, 0.15) is 5.56 Å². The molecule has 2 rings (SSSR count). The summed E-state index contributed by atoms with van der Waals surface area (Å²) < 4.78 is 0. The van der Waals surface area contributed by atoms with E-state index in [1.807, 2.05) is 6.92 Å². The number of hydrogen-bond donors (Lipinski definition) is 1. The average Bonchev–Trinajstić information content (AvgIpc) is 2.40. The van der Waals surface area contributed by atoms with Gasteiger partial charge in [0.15, 0.2) is 5.82 Å². The van der Waals surface area contributed by atoms with Crippen molar-refractivity contribution in [2.75, 3.05) is 0 Å². The normalized spacial score (nSPS) is 10.8. The number of phenols is 1. The molecule has 0 radical (unpaired) electrons. The smallest absolute Gasteiger partial charge is 0.287 e. The summed E-state index contributed by atoms with van der Waals surface area (Å²) in [5, 5.41) is 27.7. The summed E-state index contributed by atoms with van der Waals surface area (Å²) in [5.74, 6) is 0.239. The van der Waals surface area contributed by atoms with E-state index in [0.29, 0.717) is 5.69 Å². The predicted molar refractivity (Wildman–Crippen MR) is 67.9 cm³/mol. The molecule has 0 saturated heterocycles. The molecule has 0 aliphatic rings. The van der Waals surface area contributed by atoms with Crippen LogP contribution in [-0.2, 0) is 0 Å². The Morgan fingerprint density at radius 2 is 2.05 bits per heavy atom. The van der Waals surface area contributed by atoms with Gasteiger partial charge in [-0.2, -0.15) is 0 Å². The third-order valence-corrected chi connectivity index (χ3v) is 2.33. The minimum atomic E-state index is -0.541. The molecule has 0 spiro atoms. The number of benzene rings is 1. The summed E-state index contributed by atoms with van der Waals surface area (Å²) in [5.41, 5.74) is 1.14. The van der Waals surface area contributed by atoms with Crippen molar-refractivity contribution in [3.05, 3.63) is 52.2 Å². The van der Waals surface area contributed by atoms with Crippen LogP contribution in [0.2, 0.25) is 0 Å². The van der Waals surface area contributed by atoms with Crippen molar-refractivity contribution in [3.8, 4) is 5.75 Å². The molecule has 0 fully saturated rings. The van der Waals surface area contributed by atoms with Crippen molar-refractivity contribution in [3.63, 3.8) is 0 Å². The van der Waals surface area contributed by atoms with E-state index in [-0.39, 0.29) is 17.3 Å². The zero-order valence-electron chi connectivity index (χ0n) is 10.0. The first-order valence-corrected chi connectivity index (χ1v) is 5.38. The predicted octanol–water partition coefficient (Wildman–Crippen LogP) is 3.42. The van der Waals surface area contributed by atoms with Crippen LogP contribution in [0, 0.1) is 17.0 Å². The minimum absolute atomic E-state index is 0.0104. The molecular weight excluding hydrogens is 248 g/mol. The zero-order valence-corrected chi connectivity index (χ0v) is 10.0. The maximum absolute atomic E-state index is 10.5. The van der Waals surface area contributed by atoms with E-state index in [1.54, 1.807) is 12.1 Å². The van der Waals surface area contributed by atoms with Gasteiger partial charge < -0.3 is 5.11 Å². The summed E-state index contributed by atoms with van der Waals surface area (Å²) in [6, 6.07) is 7.61. The Labute approximate surface area is 108 Å². The quantitative estimate of drug-likeness (QED) is 0.517. The molecule has 0 unspecified atom stereocenters. The van der Waals surface area contributed by atoms with E-state index in [9.17, 15) is 15.2 Å². The molecule has 19 heavy (non-hydrogen) atoms.